The highest BCUT2D eigenvalue weighted by Gasteiger charge is 2.61. The van der Waals surface area contributed by atoms with Crippen molar-refractivity contribution >= 4 is 28.3 Å². The second-order valence-corrected chi connectivity index (χ2v) is 16.1. The van der Waals surface area contributed by atoms with Gasteiger partial charge >= 0.3 is 18.1 Å². The summed E-state index contributed by atoms with van der Waals surface area (Å²) in [6.07, 6.45) is 3.90. The van der Waals surface area contributed by atoms with Gasteiger partial charge in [0.25, 0.3) is 0 Å². The van der Waals surface area contributed by atoms with Crippen LogP contribution in [0.5, 0.6) is 0 Å². The van der Waals surface area contributed by atoms with E-state index in [9.17, 15) is 0 Å². The molecule has 0 aliphatic heterocycles. The van der Waals surface area contributed by atoms with Crippen molar-refractivity contribution in [3.8, 4) is 0 Å². The second-order valence-electron chi connectivity index (χ2n) is 11.0. The molecule has 0 saturated heterocycles. The maximum absolute atomic E-state index is 6.94. The minimum Gasteiger partial charge on any atom is -0.348 e. The molecule has 6 atom stereocenters. The summed E-state index contributed by atoms with van der Waals surface area (Å²) < 4.78 is 53.4. The quantitative estimate of drug-likeness (QED) is 0.112. The minimum atomic E-state index is -3.77. The lowest BCUT2D eigenvalue weighted by molar-refractivity contribution is -0.246. The molecule has 9 nitrogen and oxygen atoms in total. The van der Waals surface area contributed by atoms with Gasteiger partial charge in [0, 0.05) is 36.6 Å². The van der Waals surface area contributed by atoms with Crippen molar-refractivity contribution in [2.24, 2.45) is 0 Å². The Morgan fingerprint density at radius 3 is 0.795 bits per heavy atom. The average molecular weight is 614 g/mol. The topological polar surface area (TPSA) is 77.1 Å². The van der Waals surface area contributed by atoms with Crippen molar-refractivity contribution in [3.63, 3.8) is 0 Å². The summed E-state index contributed by atoms with van der Waals surface area (Å²) in [7, 11) is -3.31. The molecule has 0 fully saturated rings. The molecule has 236 valence electrons. The molecule has 0 aliphatic rings. The van der Waals surface area contributed by atoms with Gasteiger partial charge in [0.15, 0.2) is 5.53 Å². The van der Waals surface area contributed by atoms with E-state index in [0.717, 1.165) is 38.5 Å². The van der Waals surface area contributed by atoms with Crippen LogP contribution in [0.3, 0.4) is 0 Å². The van der Waals surface area contributed by atoms with E-state index in [2.05, 4.69) is 41.5 Å². The molecule has 0 aliphatic carbocycles. The molecule has 0 amide bonds. The lowest BCUT2D eigenvalue weighted by Crippen LogP contribution is -2.69. The summed E-state index contributed by atoms with van der Waals surface area (Å²) in [5.41, 5.74) is -1.28. The first-order valence-corrected chi connectivity index (χ1v) is 19.5. The zero-order valence-corrected chi connectivity index (χ0v) is 31.9. The minimum absolute atomic E-state index is 0.135. The van der Waals surface area contributed by atoms with Crippen molar-refractivity contribution in [2.45, 2.75) is 164 Å². The summed E-state index contributed by atoms with van der Waals surface area (Å²) in [5.74, 6) is 0. The van der Waals surface area contributed by atoms with Crippen LogP contribution in [-0.4, -0.2) is 89.5 Å². The molecule has 0 saturated carbocycles. The third-order valence-electron chi connectivity index (χ3n) is 6.96. The van der Waals surface area contributed by atoms with E-state index in [-0.39, 0.29) is 36.6 Å². The maximum Gasteiger partial charge on any atom is 0.683 e. The Hall–Kier alpha value is 0.291. The number of hydrogen-bond donors (Lipinski definition) is 0. The van der Waals surface area contributed by atoms with Crippen molar-refractivity contribution < 1.29 is 35.4 Å². The van der Waals surface area contributed by atoms with Gasteiger partial charge in [-0.05, 0) is 94.2 Å². The van der Waals surface area contributed by atoms with Crippen LogP contribution in [0.2, 0.25) is 0 Å². The van der Waals surface area contributed by atoms with E-state index in [4.69, 9.17) is 35.4 Å². The molecular weight excluding hydrogens is 551 g/mol. The van der Waals surface area contributed by atoms with Crippen molar-refractivity contribution in [2.75, 3.05) is 14.1 Å². The summed E-state index contributed by atoms with van der Waals surface area (Å²) in [5, 5.41) is 0. The van der Waals surface area contributed by atoms with Crippen molar-refractivity contribution in [1.82, 2.24) is 4.90 Å². The predicted molar refractivity (Wildman–Crippen MR) is 165 cm³/mol. The molecule has 0 bridgehead atoms. The van der Waals surface area contributed by atoms with Gasteiger partial charge in [-0.2, -0.15) is 0 Å². The third kappa shape index (κ3) is 13.9. The molecule has 0 aromatic rings. The van der Waals surface area contributed by atoms with Gasteiger partial charge in [0.2, 0.25) is 0 Å². The zero-order valence-electron chi connectivity index (χ0n) is 27.9. The monoisotopic (exact) mass is 613 g/mol. The molecule has 0 rings (SSSR count). The largest absolute Gasteiger partial charge is 0.683 e. The molecule has 0 aromatic heterocycles. The normalized spacial score (nSPS) is 21.9. The van der Waals surface area contributed by atoms with E-state index in [1.807, 2.05) is 60.5 Å². The molecule has 12 heteroatoms. The van der Waals surface area contributed by atoms with Gasteiger partial charge in [0.1, 0.15) is 0 Å². The lowest BCUT2D eigenvalue weighted by atomic mass is 10.3. The van der Waals surface area contributed by atoms with E-state index >= 15 is 0 Å². The molecule has 0 heterocycles. The average Bonchev–Trinajstić information content (AvgIpc) is 2.87. The molecule has 6 unspecified atom stereocenters. The number of rotatable bonds is 23. The van der Waals surface area contributed by atoms with Gasteiger partial charge in [-0.3, -0.25) is 4.90 Å². The number of nitrogens with zero attached hydrogens (tertiary/aromatic N) is 1. The van der Waals surface area contributed by atoms with Crippen LogP contribution in [0.25, 0.3) is 0 Å². The smallest absolute Gasteiger partial charge is 0.348 e. The van der Waals surface area contributed by atoms with Crippen molar-refractivity contribution in [1.29, 1.82) is 0 Å². The lowest BCUT2D eigenvalue weighted by Gasteiger charge is -2.47. The summed E-state index contributed by atoms with van der Waals surface area (Å²) >= 11 is 0. The van der Waals surface area contributed by atoms with Gasteiger partial charge in [-0.25, -0.2) is 0 Å². The Bertz CT molecular complexity index is 540. The molecule has 0 N–H and O–H groups in total. The van der Waals surface area contributed by atoms with Crippen LogP contribution < -0.4 is 0 Å². The highest BCUT2D eigenvalue weighted by atomic mass is 28.4. The highest BCUT2D eigenvalue weighted by molar-refractivity contribution is 6.56. The van der Waals surface area contributed by atoms with Gasteiger partial charge in [0.05, 0.1) is 10.2 Å². The first-order valence-electron chi connectivity index (χ1n) is 15.2. The van der Waals surface area contributed by atoms with E-state index < -0.39 is 23.6 Å². The zero-order chi connectivity index (χ0) is 30.4. The molecular formula is C27H63NO8Si3. The Morgan fingerprint density at radius 1 is 0.487 bits per heavy atom. The summed E-state index contributed by atoms with van der Waals surface area (Å²) in [6, 6.07) is 0. The number of hydrogen-bond acceptors (Lipinski definition) is 9. The maximum atomic E-state index is 6.94. The van der Waals surface area contributed by atoms with Crippen LogP contribution >= 0.6 is 0 Å². The molecule has 0 aromatic carbocycles. The Kier molecular flexibility index (Phi) is 18.9. The Labute approximate surface area is 246 Å². The van der Waals surface area contributed by atoms with Crippen LogP contribution in [0.4, 0.5) is 0 Å². The molecule has 0 spiro atoms. The molecule has 0 radical (unpaired) electrons. The van der Waals surface area contributed by atoms with Crippen molar-refractivity contribution in [3.05, 3.63) is 0 Å². The SMILES string of the molecule is CCC(C)O[Si](OC(C)CC)(OC(C)CC)OC([SiH3])(O[Si](OC(C)CC)(OC(C)CC)OC(C)CC)N(C)C. The first-order chi connectivity index (χ1) is 18.1. The van der Waals surface area contributed by atoms with E-state index in [1.165, 1.54) is 0 Å². The van der Waals surface area contributed by atoms with Crippen LogP contribution in [0.15, 0.2) is 0 Å². The van der Waals surface area contributed by atoms with Crippen LogP contribution in [0, 0.1) is 0 Å². The van der Waals surface area contributed by atoms with Crippen LogP contribution in [-0.2, 0) is 35.4 Å². The highest BCUT2D eigenvalue weighted by Crippen LogP contribution is 2.33. The second kappa shape index (κ2) is 18.7. The summed E-state index contributed by atoms with van der Waals surface area (Å²) in [4.78, 5) is 1.89. The predicted octanol–water partition coefficient (Wildman–Crippen LogP) is 5.32. The fourth-order valence-electron chi connectivity index (χ4n) is 2.96. The Morgan fingerprint density at radius 2 is 0.667 bits per heavy atom. The van der Waals surface area contributed by atoms with Crippen LogP contribution in [0.1, 0.15) is 122 Å². The molecule has 39 heavy (non-hydrogen) atoms. The van der Waals surface area contributed by atoms with Gasteiger partial charge in [-0.1, -0.05) is 41.5 Å². The standard InChI is InChI=1S/C27H63NO8Si3/c1-15-21(7)29-38(30-22(8)16-2,31-23(9)17-3)35-27(37,28(13)14)36-39(32-24(10)18-4,33-25(11)19-5)34-26(12)20-6/h21-26H,15-20H2,1-14,37H3. The van der Waals surface area contributed by atoms with E-state index in [0.29, 0.717) is 10.2 Å². The fourth-order valence-corrected chi connectivity index (χ4v) is 10.5. The fraction of sp³-hybridized carbons (Fsp3) is 1.00. The van der Waals surface area contributed by atoms with E-state index in [1.54, 1.807) is 0 Å². The Balaban J connectivity index is 6.95. The first kappa shape index (κ1) is 39.3. The third-order valence-corrected chi connectivity index (χ3v) is 14.5. The summed E-state index contributed by atoms with van der Waals surface area (Å²) in [6.45, 7) is 24.5. The van der Waals surface area contributed by atoms with Gasteiger partial charge < -0.3 is 35.4 Å². The van der Waals surface area contributed by atoms with Gasteiger partial charge in [-0.15, -0.1) is 0 Å².